The van der Waals surface area contributed by atoms with E-state index in [1.165, 1.54) is 43.0 Å². The molecule has 0 unspecified atom stereocenters. The van der Waals surface area contributed by atoms with Crippen LogP contribution in [0.1, 0.15) is 161 Å². The second-order valence-electron chi connectivity index (χ2n) is 21.8. The number of methoxy groups -OCH3 is 1. The fourth-order valence-corrected chi connectivity index (χ4v) is 11.0. The topological polar surface area (TPSA) is 265 Å². The van der Waals surface area contributed by atoms with Crippen molar-refractivity contribution in [2.75, 3.05) is 87.2 Å². The van der Waals surface area contributed by atoms with Crippen molar-refractivity contribution in [3.05, 3.63) is 0 Å². The van der Waals surface area contributed by atoms with Gasteiger partial charge in [-0.05, 0) is 37.0 Å². The molecule has 1 heterocycles. The molecular formula is C54H92N10O11. The fourth-order valence-electron chi connectivity index (χ4n) is 11.0. The summed E-state index contributed by atoms with van der Waals surface area (Å²) in [5.41, 5.74) is 0. The van der Waals surface area contributed by atoms with Crippen LogP contribution in [-0.2, 0) is 52.7 Å². The quantitative estimate of drug-likeness (QED) is 0.195. The Kier molecular flexibility index (Phi) is 28.5. The predicted molar refractivity (Wildman–Crippen MR) is 282 cm³/mol. The number of likely N-dealkylation sites (N-methyl/N-ethyl adjacent to an activating group) is 3. The number of hydrogen-bond acceptors (Lipinski definition) is 11. The highest BCUT2D eigenvalue weighted by Gasteiger charge is 2.33. The van der Waals surface area contributed by atoms with Gasteiger partial charge in [-0.1, -0.05) is 141 Å². The summed E-state index contributed by atoms with van der Waals surface area (Å²) in [5.74, 6) is -5.67. The van der Waals surface area contributed by atoms with E-state index >= 15 is 0 Å². The molecule has 3 saturated carbocycles. The molecule has 0 spiro atoms. The summed E-state index contributed by atoms with van der Waals surface area (Å²) in [6.45, 7) is -3.20. The highest BCUT2D eigenvalue weighted by molar-refractivity contribution is 5.96. The minimum atomic E-state index is -1.06. The monoisotopic (exact) mass is 1060 g/mol. The lowest BCUT2D eigenvalue weighted by atomic mass is 9.86. The summed E-state index contributed by atoms with van der Waals surface area (Å²) in [6.07, 6.45) is 23.0. The molecule has 0 radical (unpaired) electrons. The van der Waals surface area contributed by atoms with E-state index in [2.05, 4.69) is 31.9 Å². The Bertz CT molecular complexity index is 1860. The van der Waals surface area contributed by atoms with Crippen molar-refractivity contribution < 1.29 is 52.7 Å². The predicted octanol–water partition coefficient (Wildman–Crippen LogP) is 2.30. The minimum absolute atomic E-state index is 0.00585. The number of carbonyl (C=O) groups is 10. The fraction of sp³-hybridized carbons (Fsp3) is 0.815. The zero-order valence-corrected chi connectivity index (χ0v) is 45.8. The normalized spacial score (nSPS) is 25.1. The Labute approximate surface area is 445 Å². The van der Waals surface area contributed by atoms with E-state index in [0.29, 0.717) is 19.3 Å². The molecule has 1 saturated heterocycles. The first kappa shape index (κ1) is 62.2. The van der Waals surface area contributed by atoms with Gasteiger partial charge in [0.1, 0.15) is 18.1 Å². The lowest BCUT2D eigenvalue weighted by Gasteiger charge is -2.30. The molecule has 0 aromatic rings. The SMILES string of the molecule is COCCN1CC(=O)N[C@@H](CC2CCCCCCC2)C(=O)NCC(=O)N[C@@H](CC2CCCCCCC2)C(=O)N(C)CC(=O)NCC(=O)NCC(=O)N(C)CC(=O)N[C@@H](CC2CCCCCCCC2)C(=O)N(C)CC1=O. The van der Waals surface area contributed by atoms with Crippen LogP contribution in [0.5, 0.6) is 0 Å². The molecule has 3 aliphatic carbocycles. The number of nitrogens with zero attached hydrogens (tertiary/aromatic N) is 4. The van der Waals surface area contributed by atoms with Crippen molar-refractivity contribution >= 4 is 59.1 Å². The van der Waals surface area contributed by atoms with Crippen LogP contribution >= 0.6 is 0 Å². The van der Waals surface area contributed by atoms with Crippen LogP contribution in [0.15, 0.2) is 0 Å². The summed E-state index contributed by atoms with van der Waals surface area (Å²) >= 11 is 0. The van der Waals surface area contributed by atoms with Gasteiger partial charge in [0.25, 0.3) is 0 Å². The zero-order valence-electron chi connectivity index (χ0n) is 45.8. The number of rotatable bonds is 9. The van der Waals surface area contributed by atoms with E-state index in [1.54, 1.807) is 0 Å². The number of nitrogens with one attached hydrogen (secondary N) is 6. The van der Waals surface area contributed by atoms with Crippen LogP contribution in [-0.4, -0.2) is 184 Å². The average Bonchev–Trinajstić information content (AvgIpc) is 3.49. The van der Waals surface area contributed by atoms with Crippen LogP contribution in [0.4, 0.5) is 0 Å². The highest BCUT2D eigenvalue weighted by atomic mass is 16.5. The van der Waals surface area contributed by atoms with Gasteiger partial charge < -0.3 is 56.2 Å². The second kappa shape index (κ2) is 34.3. The molecule has 4 aliphatic rings. The molecule has 0 aromatic carbocycles. The van der Waals surface area contributed by atoms with Crippen LogP contribution in [0.3, 0.4) is 0 Å². The minimum Gasteiger partial charge on any atom is -0.383 e. The Balaban J connectivity index is 1.62. The first-order chi connectivity index (χ1) is 36.0. The Morgan fingerprint density at radius 1 is 0.400 bits per heavy atom. The summed E-state index contributed by atoms with van der Waals surface area (Å²) < 4.78 is 5.30. The number of amides is 10. The molecule has 424 valence electrons. The standard InChI is InChI=1S/C54H92N10O11/c1-61-36-48(68)60-44(31-41-23-15-9-5-6-10-16-24-41)54(74)63(3)38-51(71)64(27-28-75-4)37-49(69)58-42(29-39-21-17-11-7-12-18-22-39)52(72)57-33-46(66)59-43(30-40-25-19-13-8-14-20-26-40)53(73)62(2)35-47(67)55-32-45(65)56-34-50(61)70/h39-44H,5-38H2,1-4H3,(H,55,67)(H,56,65)(H,57,72)(H,58,69)(H,59,66)(H,60,68)/t42-,43-,44-/m0/s1. The summed E-state index contributed by atoms with van der Waals surface area (Å²) in [7, 11) is 5.73. The maximum atomic E-state index is 14.4. The van der Waals surface area contributed by atoms with E-state index in [1.807, 2.05) is 0 Å². The van der Waals surface area contributed by atoms with Crippen molar-refractivity contribution in [1.29, 1.82) is 0 Å². The van der Waals surface area contributed by atoms with Gasteiger partial charge in [-0.15, -0.1) is 0 Å². The molecule has 0 bridgehead atoms. The average molecular weight is 1060 g/mol. The van der Waals surface area contributed by atoms with Gasteiger partial charge >= 0.3 is 0 Å². The summed E-state index contributed by atoms with van der Waals surface area (Å²) in [5, 5.41) is 16.2. The van der Waals surface area contributed by atoms with Crippen molar-refractivity contribution in [3.63, 3.8) is 0 Å². The van der Waals surface area contributed by atoms with Gasteiger partial charge in [0.05, 0.1) is 52.4 Å². The van der Waals surface area contributed by atoms with E-state index in [-0.39, 0.29) is 30.9 Å². The third-order valence-electron chi connectivity index (χ3n) is 15.4. The first-order valence-electron chi connectivity index (χ1n) is 28.2. The van der Waals surface area contributed by atoms with Gasteiger partial charge in [0.2, 0.25) is 59.1 Å². The summed E-state index contributed by atoms with van der Waals surface area (Å²) in [4.78, 5) is 142. The molecule has 4 fully saturated rings. The molecule has 21 nitrogen and oxygen atoms in total. The largest absolute Gasteiger partial charge is 0.383 e. The van der Waals surface area contributed by atoms with E-state index < -0.39 is 123 Å². The van der Waals surface area contributed by atoms with Crippen LogP contribution in [0.25, 0.3) is 0 Å². The van der Waals surface area contributed by atoms with E-state index in [9.17, 15) is 47.9 Å². The third-order valence-corrected chi connectivity index (χ3v) is 15.4. The van der Waals surface area contributed by atoms with Gasteiger partial charge in [0, 0.05) is 34.8 Å². The Hall–Kier alpha value is -5.34. The van der Waals surface area contributed by atoms with E-state index in [0.717, 1.165) is 146 Å². The lowest BCUT2D eigenvalue weighted by molar-refractivity contribution is -0.144. The van der Waals surface area contributed by atoms with Gasteiger partial charge in [-0.2, -0.15) is 0 Å². The van der Waals surface area contributed by atoms with Gasteiger partial charge in [-0.25, -0.2) is 0 Å². The number of ether oxygens (including phenoxy) is 1. The smallest absolute Gasteiger partial charge is 0.245 e. The molecule has 0 aromatic heterocycles. The van der Waals surface area contributed by atoms with Crippen LogP contribution in [0, 0.1) is 17.8 Å². The third kappa shape index (κ3) is 24.0. The molecule has 6 N–H and O–H groups in total. The number of hydrogen-bond donors (Lipinski definition) is 6. The Morgan fingerprint density at radius 2 is 0.787 bits per heavy atom. The molecule has 1 aliphatic heterocycles. The first-order valence-corrected chi connectivity index (χ1v) is 28.2. The maximum Gasteiger partial charge on any atom is 0.245 e. The molecule has 75 heavy (non-hydrogen) atoms. The van der Waals surface area contributed by atoms with Crippen molar-refractivity contribution in [3.8, 4) is 0 Å². The van der Waals surface area contributed by atoms with Gasteiger partial charge in [0.15, 0.2) is 0 Å². The van der Waals surface area contributed by atoms with Gasteiger partial charge in [-0.3, -0.25) is 47.9 Å². The molecule has 21 heteroatoms. The molecule has 10 amide bonds. The van der Waals surface area contributed by atoms with Crippen LogP contribution in [0.2, 0.25) is 0 Å². The summed E-state index contributed by atoms with van der Waals surface area (Å²) in [6, 6.07) is -3.12. The van der Waals surface area contributed by atoms with Crippen molar-refractivity contribution in [2.24, 2.45) is 17.8 Å². The maximum absolute atomic E-state index is 14.4. The number of carbonyl (C=O) groups excluding carboxylic acids is 10. The highest BCUT2D eigenvalue weighted by Crippen LogP contribution is 2.29. The molecular weight excluding hydrogens is 965 g/mol. The van der Waals surface area contributed by atoms with Crippen molar-refractivity contribution in [2.45, 2.75) is 179 Å². The lowest BCUT2D eigenvalue weighted by Crippen LogP contribution is -2.55. The van der Waals surface area contributed by atoms with Crippen LogP contribution < -0.4 is 31.9 Å². The molecule has 4 rings (SSSR count). The Morgan fingerprint density at radius 3 is 1.28 bits per heavy atom. The zero-order chi connectivity index (χ0) is 54.5. The molecule has 3 atom stereocenters. The van der Waals surface area contributed by atoms with Crippen molar-refractivity contribution in [1.82, 2.24) is 51.5 Å². The van der Waals surface area contributed by atoms with E-state index in [4.69, 9.17) is 4.74 Å². The second-order valence-corrected chi connectivity index (χ2v) is 21.8.